The van der Waals surface area contributed by atoms with Crippen LogP contribution in [0, 0.1) is 5.41 Å². The first-order valence-electron chi connectivity index (χ1n) is 4.94. The van der Waals surface area contributed by atoms with Gasteiger partial charge in [0.05, 0.1) is 19.3 Å². The number of hydrogen-bond acceptors (Lipinski definition) is 2. The third-order valence-corrected chi connectivity index (χ3v) is 1.71. The van der Waals surface area contributed by atoms with Crippen LogP contribution in [0.1, 0.15) is 27.7 Å². The van der Waals surface area contributed by atoms with E-state index in [1.54, 1.807) is 0 Å². The molecule has 0 aliphatic heterocycles. The Morgan fingerprint density at radius 2 is 1.86 bits per heavy atom. The Morgan fingerprint density at radius 3 is 2.29 bits per heavy atom. The number of halogens is 2. The van der Waals surface area contributed by atoms with E-state index in [1.807, 2.05) is 27.7 Å². The second kappa shape index (κ2) is 6.30. The summed E-state index contributed by atoms with van der Waals surface area (Å²) in [6, 6.07) is 0. The molecule has 14 heavy (non-hydrogen) atoms. The molecule has 0 bridgehead atoms. The van der Waals surface area contributed by atoms with Crippen molar-refractivity contribution in [1.82, 2.24) is 5.32 Å². The van der Waals surface area contributed by atoms with Gasteiger partial charge >= 0.3 is 0 Å². The fourth-order valence-corrected chi connectivity index (χ4v) is 0.963. The van der Waals surface area contributed by atoms with Crippen molar-refractivity contribution in [1.29, 1.82) is 0 Å². The van der Waals surface area contributed by atoms with Gasteiger partial charge in [-0.05, 0) is 13.8 Å². The zero-order chi connectivity index (χ0) is 11.2. The molecule has 4 heteroatoms. The molecule has 0 fully saturated rings. The SMILES string of the molecule is CC(C)OCC(C)(C)CNCC(F)F. The Balaban J connectivity index is 3.61. The molecule has 0 unspecified atom stereocenters. The zero-order valence-corrected chi connectivity index (χ0v) is 9.44. The normalized spacial score (nSPS) is 12.9. The molecule has 0 rings (SSSR count). The predicted octanol–water partition coefficient (Wildman–Crippen LogP) is 2.29. The summed E-state index contributed by atoms with van der Waals surface area (Å²) in [6.45, 7) is 8.79. The van der Waals surface area contributed by atoms with E-state index in [0.717, 1.165) is 0 Å². The van der Waals surface area contributed by atoms with Gasteiger partial charge in [0.25, 0.3) is 6.43 Å². The van der Waals surface area contributed by atoms with Crippen molar-refractivity contribution in [3.8, 4) is 0 Å². The van der Waals surface area contributed by atoms with E-state index in [2.05, 4.69) is 5.32 Å². The molecule has 0 aliphatic rings. The minimum absolute atomic E-state index is 0.0981. The first-order valence-corrected chi connectivity index (χ1v) is 4.94. The molecule has 0 atom stereocenters. The monoisotopic (exact) mass is 209 g/mol. The maximum absolute atomic E-state index is 11.8. The summed E-state index contributed by atoms with van der Waals surface area (Å²) in [5, 5.41) is 2.72. The second-order valence-corrected chi connectivity index (χ2v) is 4.55. The Morgan fingerprint density at radius 1 is 1.29 bits per heavy atom. The van der Waals surface area contributed by atoms with Crippen LogP contribution in [-0.4, -0.2) is 32.2 Å². The van der Waals surface area contributed by atoms with Gasteiger partial charge < -0.3 is 10.1 Å². The van der Waals surface area contributed by atoms with Gasteiger partial charge in [-0.1, -0.05) is 13.8 Å². The average Bonchev–Trinajstić information content (AvgIpc) is 2.00. The number of alkyl halides is 2. The molecule has 0 saturated carbocycles. The Bertz CT molecular complexity index is 149. The summed E-state index contributed by atoms with van der Waals surface area (Å²) in [6.07, 6.45) is -2.10. The number of nitrogens with one attached hydrogen (secondary N) is 1. The predicted molar refractivity (Wildman–Crippen MR) is 53.7 cm³/mol. The zero-order valence-electron chi connectivity index (χ0n) is 9.44. The van der Waals surface area contributed by atoms with Gasteiger partial charge in [0.2, 0.25) is 0 Å². The van der Waals surface area contributed by atoms with E-state index in [9.17, 15) is 8.78 Å². The van der Waals surface area contributed by atoms with E-state index in [4.69, 9.17) is 4.74 Å². The Kier molecular flexibility index (Phi) is 6.20. The molecule has 0 saturated heterocycles. The Hall–Kier alpha value is -0.220. The molecular weight excluding hydrogens is 188 g/mol. The third-order valence-electron chi connectivity index (χ3n) is 1.71. The summed E-state index contributed by atoms with van der Waals surface area (Å²) in [7, 11) is 0. The highest BCUT2D eigenvalue weighted by molar-refractivity contribution is 4.71. The number of rotatable bonds is 7. The fourth-order valence-electron chi connectivity index (χ4n) is 0.963. The van der Waals surface area contributed by atoms with Crippen LogP contribution < -0.4 is 5.32 Å². The van der Waals surface area contributed by atoms with Gasteiger partial charge in [0.15, 0.2) is 0 Å². The van der Waals surface area contributed by atoms with Crippen LogP contribution >= 0.6 is 0 Å². The average molecular weight is 209 g/mol. The van der Waals surface area contributed by atoms with Crippen LogP contribution in [0.5, 0.6) is 0 Å². The van der Waals surface area contributed by atoms with Crippen LogP contribution in [0.4, 0.5) is 8.78 Å². The molecular formula is C10H21F2NO. The summed E-state index contributed by atoms with van der Waals surface area (Å²) in [5.74, 6) is 0. The van der Waals surface area contributed by atoms with E-state index >= 15 is 0 Å². The first kappa shape index (κ1) is 13.8. The van der Waals surface area contributed by atoms with E-state index < -0.39 is 6.43 Å². The third kappa shape index (κ3) is 8.38. The van der Waals surface area contributed by atoms with Crippen molar-refractivity contribution in [3.63, 3.8) is 0 Å². The van der Waals surface area contributed by atoms with E-state index in [1.165, 1.54) is 0 Å². The van der Waals surface area contributed by atoms with Crippen LogP contribution in [0.2, 0.25) is 0 Å². The van der Waals surface area contributed by atoms with E-state index in [-0.39, 0.29) is 18.1 Å². The van der Waals surface area contributed by atoms with Crippen molar-refractivity contribution in [2.75, 3.05) is 19.7 Å². The topological polar surface area (TPSA) is 21.3 Å². The molecule has 0 radical (unpaired) electrons. The Labute approximate surface area is 85.0 Å². The van der Waals surface area contributed by atoms with Gasteiger partial charge in [0.1, 0.15) is 0 Å². The van der Waals surface area contributed by atoms with Gasteiger partial charge in [-0.2, -0.15) is 0 Å². The molecule has 1 N–H and O–H groups in total. The maximum atomic E-state index is 11.8. The minimum Gasteiger partial charge on any atom is -0.378 e. The highest BCUT2D eigenvalue weighted by Gasteiger charge is 2.18. The lowest BCUT2D eigenvalue weighted by Crippen LogP contribution is -2.36. The van der Waals surface area contributed by atoms with Crippen molar-refractivity contribution in [3.05, 3.63) is 0 Å². The first-order chi connectivity index (χ1) is 6.33. The van der Waals surface area contributed by atoms with Crippen molar-refractivity contribution >= 4 is 0 Å². The summed E-state index contributed by atoms with van der Waals surface area (Å²) in [5.41, 5.74) is -0.0981. The van der Waals surface area contributed by atoms with Crippen molar-refractivity contribution in [2.45, 2.75) is 40.2 Å². The van der Waals surface area contributed by atoms with Gasteiger partial charge in [-0.3, -0.25) is 0 Å². The highest BCUT2D eigenvalue weighted by Crippen LogP contribution is 2.14. The number of hydrogen-bond donors (Lipinski definition) is 1. The van der Waals surface area contributed by atoms with Gasteiger partial charge in [-0.15, -0.1) is 0 Å². The molecule has 0 aliphatic carbocycles. The molecule has 0 amide bonds. The quantitative estimate of drug-likeness (QED) is 0.694. The van der Waals surface area contributed by atoms with Crippen LogP contribution in [0.25, 0.3) is 0 Å². The summed E-state index contributed by atoms with van der Waals surface area (Å²) < 4.78 is 29.1. The number of ether oxygens (including phenoxy) is 1. The van der Waals surface area contributed by atoms with Crippen molar-refractivity contribution < 1.29 is 13.5 Å². The van der Waals surface area contributed by atoms with Crippen molar-refractivity contribution in [2.24, 2.45) is 5.41 Å². The maximum Gasteiger partial charge on any atom is 0.250 e. The standard InChI is InChI=1S/C10H21F2NO/c1-8(2)14-7-10(3,4)6-13-5-9(11)12/h8-9,13H,5-7H2,1-4H3. The van der Waals surface area contributed by atoms with Gasteiger partial charge in [-0.25, -0.2) is 8.78 Å². The van der Waals surface area contributed by atoms with Gasteiger partial charge in [0, 0.05) is 12.0 Å². The molecule has 2 nitrogen and oxygen atoms in total. The fraction of sp³-hybridized carbons (Fsp3) is 1.00. The van der Waals surface area contributed by atoms with Crippen LogP contribution in [0.15, 0.2) is 0 Å². The molecule has 0 aromatic heterocycles. The van der Waals surface area contributed by atoms with Crippen LogP contribution in [-0.2, 0) is 4.74 Å². The second-order valence-electron chi connectivity index (χ2n) is 4.55. The lowest BCUT2D eigenvalue weighted by Gasteiger charge is -2.26. The summed E-state index contributed by atoms with van der Waals surface area (Å²) in [4.78, 5) is 0. The summed E-state index contributed by atoms with van der Waals surface area (Å²) >= 11 is 0. The largest absolute Gasteiger partial charge is 0.378 e. The molecule has 0 aromatic carbocycles. The molecule has 0 heterocycles. The molecule has 0 aromatic rings. The molecule has 0 spiro atoms. The lowest BCUT2D eigenvalue weighted by atomic mass is 9.95. The lowest BCUT2D eigenvalue weighted by molar-refractivity contribution is 0.0200. The highest BCUT2D eigenvalue weighted by atomic mass is 19.3. The molecule has 86 valence electrons. The van der Waals surface area contributed by atoms with Crippen LogP contribution in [0.3, 0.4) is 0 Å². The smallest absolute Gasteiger partial charge is 0.250 e. The minimum atomic E-state index is -2.28. The van der Waals surface area contributed by atoms with E-state index in [0.29, 0.717) is 13.2 Å².